The molecule has 1 aromatic carbocycles. The van der Waals surface area contributed by atoms with E-state index in [4.69, 9.17) is 0 Å². The number of anilines is 1. The van der Waals surface area contributed by atoms with Crippen molar-refractivity contribution in [2.24, 2.45) is 0 Å². The Balaban J connectivity index is 2.46. The average molecular weight is 171 g/mol. The molecular formula is C9H11F2N. The topological polar surface area (TPSA) is 12.0 Å². The van der Waals surface area contributed by atoms with Crippen LogP contribution < -0.4 is 5.32 Å². The molecule has 0 unspecified atom stereocenters. The van der Waals surface area contributed by atoms with Crippen LogP contribution in [0.4, 0.5) is 14.5 Å². The molecule has 0 fully saturated rings. The third-order valence-electron chi connectivity index (χ3n) is 1.50. The molecule has 0 saturated heterocycles. The molecule has 12 heavy (non-hydrogen) atoms. The van der Waals surface area contributed by atoms with Crippen molar-refractivity contribution in [1.82, 2.24) is 0 Å². The highest BCUT2D eigenvalue weighted by molar-refractivity contribution is 5.44. The summed E-state index contributed by atoms with van der Waals surface area (Å²) in [4.78, 5) is 0. The van der Waals surface area contributed by atoms with Gasteiger partial charge < -0.3 is 5.32 Å². The summed E-state index contributed by atoms with van der Waals surface area (Å²) in [5.41, 5.74) is 0.436. The Kier molecular flexibility index (Phi) is 3.51. The van der Waals surface area contributed by atoms with Crippen LogP contribution in [-0.4, -0.2) is 13.2 Å². The summed E-state index contributed by atoms with van der Waals surface area (Å²) in [7, 11) is 0. The van der Waals surface area contributed by atoms with Crippen LogP contribution in [0, 0.1) is 5.82 Å². The summed E-state index contributed by atoms with van der Waals surface area (Å²) >= 11 is 0. The molecule has 1 nitrogen and oxygen atoms in total. The van der Waals surface area contributed by atoms with Gasteiger partial charge in [0.1, 0.15) is 5.82 Å². The fourth-order valence-corrected chi connectivity index (χ4v) is 0.894. The molecule has 1 N–H and O–H groups in total. The smallest absolute Gasteiger partial charge is 0.146 e. The van der Waals surface area contributed by atoms with Crippen LogP contribution in [0.1, 0.15) is 6.42 Å². The molecule has 0 saturated carbocycles. The van der Waals surface area contributed by atoms with Crippen molar-refractivity contribution in [1.29, 1.82) is 0 Å². The molecule has 66 valence electrons. The van der Waals surface area contributed by atoms with Gasteiger partial charge >= 0.3 is 0 Å². The molecular weight excluding hydrogens is 160 g/mol. The lowest BCUT2D eigenvalue weighted by molar-refractivity contribution is 0.480. The minimum absolute atomic E-state index is 0.295. The average Bonchev–Trinajstić information content (AvgIpc) is 2.09. The van der Waals surface area contributed by atoms with Gasteiger partial charge in [-0.15, -0.1) is 0 Å². The largest absolute Gasteiger partial charge is 0.383 e. The van der Waals surface area contributed by atoms with Crippen LogP contribution in [-0.2, 0) is 0 Å². The van der Waals surface area contributed by atoms with Crippen LogP contribution >= 0.6 is 0 Å². The number of benzene rings is 1. The first-order valence-corrected chi connectivity index (χ1v) is 3.89. The van der Waals surface area contributed by atoms with E-state index in [2.05, 4.69) is 5.32 Å². The predicted molar refractivity (Wildman–Crippen MR) is 45.5 cm³/mol. The molecule has 0 atom stereocenters. The maximum Gasteiger partial charge on any atom is 0.146 e. The van der Waals surface area contributed by atoms with Gasteiger partial charge in [0.25, 0.3) is 0 Å². The Morgan fingerprint density at radius 1 is 1.25 bits per heavy atom. The van der Waals surface area contributed by atoms with Gasteiger partial charge in [0.2, 0.25) is 0 Å². The highest BCUT2D eigenvalue weighted by atomic mass is 19.1. The molecule has 0 aliphatic heterocycles. The van der Waals surface area contributed by atoms with Crippen molar-refractivity contribution in [2.75, 3.05) is 18.5 Å². The molecule has 0 aliphatic carbocycles. The Morgan fingerprint density at radius 2 is 2.00 bits per heavy atom. The van der Waals surface area contributed by atoms with Crippen LogP contribution in [0.3, 0.4) is 0 Å². The van der Waals surface area contributed by atoms with Gasteiger partial charge in [0.15, 0.2) is 0 Å². The Bertz CT molecular complexity index is 238. The fraction of sp³-hybridized carbons (Fsp3) is 0.333. The van der Waals surface area contributed by atoms with Crippen molar-refractivity contribution in [2.45, 2.75) is 6.42 Å². The van der Waals surface area contributed by atoms with E-state index in [0.717, 1.165) is 0 Å². The summed E-state index contributed by atoms with van der Waals surface area (Å²) in [6.07, 6.45) is 0.411. The quantitative estimate of drug-likeness (QED) is 0.686. The zero-order valence-corrected chi connectivity index (χ0v) is 6.69. The number of nitrogens with one attached hydrogen (secondary N) is 1. The molecule has 0 aliphatic rings. The van der Waals surface area contributed by atoms with E-state index in [9.17, 15) is 8.78 Å². The number of hydrogen-bond acceptors (Lipinski definition) is 1. The SMILES string of the molecule is FCCCNc1ccccc1F. The number of para-hydroxylation sites is 1. The third-order valence-corrected chi connectivity index (χ3v) is 1.50. The molecule has 0 amide bonds. The maximum absolute atomic E-state index is 12.9. The predicted octanol–water partition coefficient (Wildman–Crippen LogP) is 2.60. The monoisotopic (exact) mass is 171 g/mol. The molecule has 0 spiro atoms. The minimum atomic E-state index is -0.374. The summed E-state index contributed by atoms with van der Waals surface area (Å²) in [5, 5.41) is 2.80. The maximum atomic E-state index is 12.9. The molecule has 1 aromatic rings. The Morgan fingerprint density at radius 3 is 2.67 bits per heavy atom. The van der Waals surface area contributed by atoms with Gasteiger partial charge in [-0.1, -0.05) is 12.1 Å². The summed E-state index contributed by atoms with van der Waals surface area (Å²) in [6, 6.07) is 6.36. The first-order chi connectivity index (χ1) is 5.84. The van der Waals surface area contributed by atoms with Crippen LogP contribution in [0.25, 0.3) is 0 Å². The first kappa shape index (κ1) is 8.97. The van der Waals surface area contributed by atoms with E-state index < -0.39 is 0 Å². The van der Waals surface area contributed by atoms with Crippen LogP contribution in [0.15, 0.2) is 24.3 Å². The van der Waals surface area contributed by atoms with E-state index in [1.54, 1.807) is 18.2 Å². The second-order valence-electron chi connectivity index (χ2n) is 2.45. The minimum Gasteiger partial charge on any atom is -0.383 e. The lowest BCUT2D eigenvalue weighted by Crippen LogP contribution is -2.03. The third kappa shape index (κ3) is 2.49. The standard InChI is InChI=1S/C9H11F2N/c10-6-3-7-12-9-5-2-1-4-8(9)11/h1-2,4-5,12H,3,6-7H2. The van der Waals surface area contributed by atoms with Gasteiger partial charge in [-0.2, -0.15) is 0 Å². The van der Waals surface area contributed by atoms with Gasteiger partial charge in [0, 0.05) is 6.54 Å². The molecule has 3 heteroatoms. The van der Waals surface area contributed by atoms with Crippen molar-refractivity contribution in [3.8, 4) is 0 Å². The first-order valence-electron chi connectivity index (χ1n) is 3.89. The normalized spacial score (nSPS) is 9.83. The number of hydrogen-bond donors (Lipinski definition) is 1. The highest BCUT2D eigenvalue weighted by Gasteiger charge is 1.97. The van der Waals surface area contributed by atoms with E-state index in [1.165, 1.54) is 6.07 Å². The molecule has 1 rings (SSSR count). The number of alkyl halides is 1. The second kappa shape index (κ2) is 4.70. The Labute approximate surface area is 70.4 Å². The molecule has 0 aromatic heterocycles. The lowest BCUT2D eigenvalue weighted by Gasteiger charge is -2.04. The van der Waals surface area contributed by atoms with E-state index in [-0.39, 0.29) is 12.5 Å². The fourth-order valence-electron chi connectivity index (χ4n) is 0.894. The second-order valence-corrected chi connectivity index (χ2v) is 2.45. The molecule has 0 bridgehead atoms. The van der Waals surface area contributed by atoms with Crippen molar-refractivity contribution in [3.63, 3.8) is 0 Å². The van der Waals surface area contributed by atoms with Gasteiger partial charge in [0.05, 0.1) is 12.4 Å². The van der Waals surface area contributed by atoms with E-state index >= 15 is 0 Å². The highest BCUT2D eigenvalue weighted by Crippen LogP contribution is 2.11. The van der Waals surface area contributed by atoms with Gasteiger partial charge in [-0.3, -0.25) is 4.39 Å². The number of rotatable bonds is 4. The van der Waals surface area contributed by atoms with Crippen molar-refractivity contribution in [3.05, 3.63) is 30.1 Å². The van der Waals surface area contributed by atoms with Gasteiger partial charge in [-0.25, -0.2) is 4.39 Å². The zero-order valence-electron chi connectivity index (χ0n) is 6.69. The van der Waals surface area contributed by atoms with Gasteiger partial charge in [-0.05, 0) is 18.6 Å². The van der Waals surface area contributed by atoms with Crippen molar-refractivity contribution >= 4 is 5.69 Å². The number of halogens is 2. The zero-order chi connectivity index (χ0) is 8.81. The molecule has 0 radical (unpaired) electrons. The van der Waals surface area contributed by atoms with Crippen LogP contribution in [0.2, 0.25) is 0 Å². The summed E-state index contributed by atoms with van der Waals surface area (Å²) in [5.74, 6) is -0.295. The summed E-state index contributed by atoms with van der Waals surface area (Å²) in [6.45, 7) is 0.0961. The van der Waals surface area contributed by atoms with E-state index in [1.807, 2.05) is 0 Å². The lowest BCUT2D eigenvalue weighted by atomic mass is 10.3. The van der Waals surface area contributed by atoms with E-state index in [0.29, 0.717) is 18.7 Å². The van der Waals surface area contributed by atoms with Crippen molar-refractivity contribution < 1.29 is 8.78 Å². The van der Waals surface area contributed by atoms with Crippen LogP contribution in [0.5, 0.6) is 0 Å². The molecule has 0 heterocycles. The Hall–Kier alpha value is -1.12. The summed E-state index contributed by atoms with van der Waals surface area (Å²) < 4.78 is 24.5.